The Balaban J connectivity index is 0.00000162. The number of likely N-dealkylation sites (tertiary alicyclic amines) is 1. The molecule has 1 N–H and O–H groups in total. The number of guanidine groups is 1. The highest BCUT2D eigenvalue weighted by atomic mass is 127. The number of hydrogen-bond donors (Lipinski definition) is 1. The molecule has 4 nitrogen and oxygen atoms in total. The topological polar surface area (TPSA) is 36.9 Å². The molecule has 0 unspecified atom stereocenters. The number of nitrogens with one attached hydrogen (secondary N) is 1. The van der Waals surface area contributed by atoms with Crippen molar-refractivity contribution in [1.82, 2.24) is 10.2 Å². The average molecular weight is 367 g/mol. The lowest BCUT2D eigenvalue weighted by atomic mass is 9.68. The number of aliphatic imine (C=N–C) groups is 1. The minimum atomic E-state index is 0. The highest BCUT2D eigenvalue weighted by Gasteiger charge is 2.43. The van der Waals surface area contributed by atoms with Crippen LogP contribution in [0.2, 0.25) is 0 Å². The summed E-state index contributed by atoms with van der Waals surface area (Å²) in [6.45, 7) is 6.77. The lowest BCUT2D eigenvalue weighted by Gasteiger charge is -2.38. The standard InChI is InChI=1S/C13H25N3O.HI/c1-3-17-10-8-15-12(14-2)16-9-7-13(11-16)5-4-6-13;/h3-11H2,1-2H3,(H,14,15);1H. The van der Waals surface area contributed by atoms with Crippen molar-refractivity contribution >= 4 is 29.9 Å². The number of ether oxygens (including phenoxy) is 1. The predicted molar refractivity (Wildman–Crippen MR) is 85.7 cm³/mol. The lowest BCUT2D eigenvalue weighted by Crippen LogP contribution is -2.43. The maximum Gasteiger partial charge on any atom is 0.193 e. The molecule has 0 aromatic heterocycles. The van der Waals surface area contributed by atoms with Gasteiger partial charge in [0.2, 0.25) is 0 Å². The van der Waals surface area contributed by atoms with Gasteiger partial charge in [0.05, 0.1) is 6.61 Å². The van der Waals surface area contributed by atoms with Crippen molar-refractivity contribution in [2.24, 2.45) is 10.4 Å². The summed E-state index contributed by atoms with van der Waals surface area (Å²) in [4.78, 5) is 6.78. The summed E-state index contributed by atoms with van der Waals surface area (Å²) in [5.74, 6) is 1.05. The van der Waals surface area contributed by atoms with Crippen LogP contribution >= 0.6 is 24.0 Å². The Morgan fingerprint density at radius 3 is 2.67 bits per heavy atom. The Morgan fingerprint density at radius 1 is 1.39 bits per heavy atom. The summed E-state index contributed by atoms with van der Waals surface area (Å²) in [5.41, 5.74) is 0.636. The number of nitrogens with zero attached hydrogens (tertiary/aromatic N) is 2. The molecule has 2 fully saturated rings. The van der Waals surface area contributed by atoms with E-state index in [1.807, 2.05) is 14.0 Å². The van der Waals surface area contributed by atoms with E-state index in [-0.39, 0.29) is 24.0 Å². The summed E-state index contributed by atoms with van der Waals surface area (Å²) < 4.78 is 5.33. The van der Waals surface area contributed by atoms with Crippen LogP contribution in [0.5, 0.6) is 0 Å². The second-order valence-corrected chi connectivity index (χ2v) is 5.20. The van der Waals surface area contributed by atoms with Gasteiger partial charge in [-0.2, -0.15) is 0 Å². The van der Waals surface area contributed by atoms with E-state index in [2.05, 4.69) is 15.2 Å². The van der Waals surface area contributed by atoms with E-state index in [0.717, 1.165) is 32.3 Å². The van der Waals surface area contributed by atoms with Gasteiger partial charge in [-0.05, 0) is 31.6 Å². The second kappa shape index (κ2) is 7.53. The zero-order chi connectivity index (χ0) is 12.1. The van der Waals surface area contributed by atoms with Crippen LogP contribution in [0.25, 0.3) is 0 Å². The van der Waals surface area contributed by atoms with Gasteiger partial charge < -0.3 is 15.0 Å². The monoisotopic (exact) mass is 367 g/mol. The zero-order valence-corrected chi connectivity index (χ0v) is 13.9. The third-order valence-electron chi connectivity index (χ3n) is 4.10. The van der Waals surface area contributed by atoms with Crippen LogP contribution in [0.1, 0.15) is 32.6 Å². The fraction of sp³-hybridized carbons (Fsp3) is 0.923. The van der Waals surface area contributed by atoms with Crippen molar-refractivity contribution in [1.29, 1.82) is 0 Å². The Morgan fingerprint density at radius 2 is 2.17 bits per heavy atom. The van der Waals surface area contributed by atoms with Crippen molar-refractivity contribution in [3.63, 3.8) is 0 Å². The molecule has 1 heterocycles. The molecule has 1 saturated heterocycles. The second-order valence-electron chi connectivity index (χ2n) is 5.20. The first-order chi connectivity index (χ1) is 8.29. The Bertz CT molecular complexity index is 279. The SMILES string of the molecule is CCOCCNC(=NC)N1CCC2(CCC2)C1.I. The lowest BCUT2D eigenvalue weighted by molar-refractivity contribution is 0.147. The van der Waals surface area contributed by atoms with Crippen LogP contribution in [0.15, 0.2) is 4.99 Å². The van der Waals surface area contributed by atoms with Gasteiger partial charge >= 0.3 is 0 Å². The first kappa shape index (κ1) is 16.0. The molecule has 106 valence electrons. The van der Waals surface area contributed by atoms with Gasteiger partial charge in [0, 0.05) is 33.3 Å². The normalized spacial score (nSPS) is 21.7. The fourth-order valence-corrected chi connectivity index (χ4v) is 2.91. The molecule has 1 aliphatic carbocycles. The maximum absolute atomic E-state index is 5.33. The van der Waals surface area contributed by atoms with Crippen LogP contribution in [-0.4, -0.2) is 50.8 Å². The molecular weight excluding hydrogens is 341 g/mol. The van der Waals surface area contributed by atoms with Crippen LogP contribution in [0, 0.1) is 5.41 Å². The molecular formula is C13H26IN3O. The largest absolute Gasteiger partial charge is 0.380 e. The molecule has 2 rings (SSSR count). The van der Waals surface area contributed by atoms with E-state index in [0.29, 0.717) is 5.41 Å². The molecule has 0 aromatic carbocycles. The highest BCUT2D eigenvalue weighted by molar-refractivity contribution is 14.0. The first-order valence-corrected chi connectivity index (χ1v) is 6.83. The summed E-state index contributed by atoms with van der Waals surface area (Å²) in [5, 5.41) is 3.38. The van der Waals surface area contributed by atoms with E-state index in [1.165, 1.54) is 32.2 Å². The summed E-state index contributed by atoms with van der Waals surface area (Å²) >= 11 is 0. The minimum Gasteiger partial charge on any atom is -0.380 e. The Hall–Kier alpha value is -0.0400. The van der Waals surface area contributed by atoms with E-state index in [4.69, 9.17) is 4.74 Å². The summed E-state index contributed by atoms with van der Waals surface area (Å²) in [6.07, 6.45) is 5.60. The van der Waals surface area contributed by atoms with Gasteiger partial charge in [0.15, 0.2) is 5.96 Å². The molecule has 0 atom stereocenters. The van der Waals surface area contributed by atoms with Crippen molar-refractivity contribution < 1.29 is 4.74 Å². The molecule has 5 heteroatoms. The van der Waals surface area contributed by atoms with Crippen LogP contribution in [0.3, 0.4) is 0 Å². The average Bonchev–Trinajstić information content (AvgIpc) is 2.74. The van der Waals surface area contributed by atoms with E-state index in [9.17, 15) is 0 Å². The number of rotatable bonds is 4. The van der Waals surface area contributed by atoms with Gasteiger partial charge in [-0.3, -0.25) is 4.99 Å². The highest BCUT2D eigenvalue weighted by Crippen LogP contribution is 2.47. The molecule has 0 bridgehead atoms. The molecule has 18 heavy (non-hydrogen) atoms. The summed E-state index contributed by atoms with van der Waals surface area (Å²) in [7, 11) is 1.87. The molecule has 1 saturated carbocycles. The number of hydrogen-bond acceptors (Lipinski definition) is 2. The van der Waals surface area contributed by atoms with Gasteiger partial charge in [0.25, 0.3) is 0 Å². The van der Waals surface area contributed by atoms with Crippen LogP contribution in [-0.2, 0) is 4.74 Å². The van der Waals surface area contributed by atoms with Crippen molar-refractivity contribution in [2.75, 3.05) is 39.9 Å². The quantitative estimate of drug-likeness (QED) is 0.358. The Kier molecular flexibility index (Phi) is 6.70. The van der Waals surface area contributed by atoms with Crippen LogP contribution < -0.4 is 5.32 Å². The molecule has 0 amide bonds. The van der Waals surface area contributed by atoms with Gasteiger partial charge in [-0.25, -0.2) is 0 Å². The smallest absolute Gasteiger partial charge is 0.193 e. The molecule has 0 radical (unpaired) electrons. The van der Waals surface area contributed by atoms with Gasteiger partial charge in [0.1, 0.15) is 0 Å². The molecule has 1 spiro atoms. The summed E-state index contributed by atoms with van der Waals surface area (Å²) in [6, 6.07) is 0. The van der Waals surface area contributed by atoms with Crippen LogP contribution in [0.4, 0.5) is 0 Å². The van der Waals surface area contributed by atoms with Crippen molar-refractivity contribution in [3.8, 4) is 0 Å². The van der Waals surface area contributed by atoms with Crippen molar-refractivity contribution in [3.05, 3.63) is 0 Å². The predicted octanol–water partition coefficient (Wildman–Crippen LogP) is 2.09. The minimum absolute atomic E-state index is 0. The van der Waals surface area contributed by atoms with Crippen molar-refractivity contribution in [2.45, 2.75) is 32.6 Å². The molecule has 0 aromatic rings. The third-order valence-corrected chi connectivity index (χ3v) is 4.10. The maximum atomic E-state index is 5.33. The number of halogens is 1. The Labute approximate surface area is 128 Å². The van der Waals surface area contributed by atoms with E-state index >= 15 is 0 Å². The first-order valence-electron chi connectivity index (χ1n) is 6.83. The molecule has 2 aliphatic rings. The zero-order valence-electron chi connectivity index (χ0n) is 11.6. The fourth-order valence-electron chi connectivity index (χ4n) is 2.91. The molecule has 1 aliphatic heterocycles. The van der Waals surface area contributed by atoms with Gasteiger partial charge in [-0.1, -0.05) is 6.42 Å². The van der Waals surface area contributed by atoms with E-state index in [1.54, 1.807) is 0 Å². The van der Waals surface area contributed by atoms with E-state index < -0.39 is 0 Å². The van der Waals surface area contributed by atoms with Gasteiger partial charge in [-0.15, -0.1) is 24.0 Å². The third kappa shape index (κ3) is 3.73.